The van der Waals surface area contributed by atoms with Gasteiger partial charge in [-0.05, 0) is 43.2 Å². The van der Waals surface area contributed by atoms with Crippen LogP contribution in [-0.4, -0.2) is 20.1 Å². The molecule has 0 aliphatic heterocycles. The number of aromatic nitrogens is 3. The van der Waals surface area contributed by atoms with E-state index in [-0.39, 0.29) is 5.75 Å². The molecular weight excluding hydrogens is 226 g/mol. The molecule has 3 rings (SSSR count). The van der Waals surface area contributed by atoms with E-state index in [2.05, 4.69) is 10.2 Å². The summed E-state index contributed by atoms with van der Waals surface area (Å²) in [7, 11) is 0. The predicted molar refractivity (Wildman–Crippen MR) is 70.0 cm³/mol. The summed E-state index contributed by atoms with van der Waals surface area (Å²) in [5, 5.41) is 18.9. The Morgan fingerprint density at radius 2 is 1.56 bits per heavy atom. The van der Waals surface area contributed by atoms with E-state index >= 15 is 0 Å². The van der Waals surface area contributed by atoms with Crippen molar-refractivity contribution in [1.82, 2.24) is 15.0 Å². The van der Waals surface area contributed by atoms with Gasteiger partial charge in [0.15, 0.2) is 0 Å². The summed E-state index contributed by atoms with van der Waals surface area (Å²) < 4.78 is 0. The van der Waals surface area contributed by atoms with Crippen LogP contribution in [0.5, 0.6) is 5.75 Å². The standard InChI is InChI=1S/C14H13N3O/c1-9-7-8-13(14(18)10(9)2)17-15-11-5-3-4-6-12(11)16-17/h3-8,18H,1-2H3. The molecule has 0 aliphatic carbocycles. The number of hydrogen-bond donors (Lipinski definition) is 1. The number of rotatable bonds is 1. The van der Waals surface area contributed by atoms with E-state index in [0.29, 0.717) is 5.69 Å². The first kappa shape index (κ1) is 10.8. The molecule has 4 nitrogen and oxygen atoms in total. The quantitative estimate of drug-likeness (QED) is 0.710. The van der Waals surface area contributed by atoms with Gasteiger partial charge < -0.3 is 5.11 Å². The zero-order valence-corrected chi connectivity index (χ0v) is 10.3. The Labute approximate surface area is 104 Å². The van der Waals surface area contributed by atoms with Gasteiger partial charge in [0.1, 0.15) is 22.5 Å². The summed E-state index contributed by atoms with van der Waals surface area (Å²) in [6.45, 7) is 3.85. The second-order valence-electron chi connectivity index (χ2n) is 4.35. The van der Waals surface area contributed by atoms with E-state index in [1.54, 1.807) is 0 Å². The maximum Gasteiger partial charge on any atom is 0.146 e. The molecule has 0 amide bonds. The summed E-state index contributed by atoms with van der Waals surface area (Å²) >= 11 is 0. The molecule has 0 spiro atoms. The highest BCUT2D eigenvalue weighted by molar-refractivity contribution is 5.73. The average molecular weight is 239 g/mol. The first-order chi connectivity index (χ1) is 8.66. The maximum atomic E-state index is 10.2. The number of hydrogen-bond acceptors (Lipinski definition) is 3. The first-order valence-electron chi connectivity index (χ1n) is 5.78. The zero-order valence-electron chi connectivity index (χ0n) is 10.3. The van der Waals surface area contributed by atoms with Crippen LogP contribution < -0.4 is 0 Å². The topological polar surface area (TPSA) is 50.9 Å². The minimum absolute atomic E-state index is 0.232. The van der Waals surface area contributed by atoms with Gasteiger partial charge in [-0.3, -0.25) is 0 Å². The van der Waals surface area contributed by atoms with Gasteiger partial charge in [0.25, 0.3) is 0 Å². The van der Waals surface area contributed by atoms with Crippen LogP contribution in [0.2, 0.25) is 0 Å². The van der Waals surface area contributed by atoms with Crippen molar-refractivity contribution in [1.29, 1.82) is 0 Å². The van der Waals surface area contributed by atoms with Crippen molar-refractivity contribution < 1.29 is 5.11 Å². The molecule has 1 N–H and O–H groups in total. The Bertz CT molecular complexity index is 698. The third-order valence-electron chi connectivity index (χ3n) is 3.18. The molecule has 0 saturated carbocycles. The number of phenolic OH excluding ortho intramolecular Hbond substituents is 1. The maximum absolute atomic E-state index is 10.2. The van der Waals surface area contributed by atoms with E-state index in [1.165, 1.54) is 4.80 Å². The smallest absolute Gasteiger partial charge is 0.146 e. The summed E-state index contributed by atoms with van der Waals surface area (Å²) in [6.07, 6.45) is 0. The molecule has 1 aromatic heterocycles. The Balaban J connectivity index is 2.23. The number of phenols is 1. The summed E-state index contributed by atoms with van der Waals surface area (Å²) in [4.78, 5) is 1.48. The number of fused-ring (bicyclic) bond motifs is 1. The van der Waals surface area contributed by atoms with Crippen LogP contribution in [0.25, 0.3) is 16.7 Å². The largest absolute Gasteiger partial charge is 0.505 e. The Morgan fingerprint density at radius 1 is 0.944 bits per heavy atom. The normalized spacial score (nSPS) is 11.0. The fraction of sp³-hybridized carbons (Fsp3) is 0.143. The molecule has 0 aliphatic rings. The van der Waals surface area contributed by atoms with Crippen molar-refractivity contribution in [3.63, 3.8) is 0 Å². The molecule has 0 saturated heterocycles. The highest BCUT2D eigenvalue weighted by Crippen LogP contribution is 2.27. The Hall–Kier alpha value is -2.36. The van der Waals surface area contributed by atoms with Crippen LogP contribution >= 0.6 is 0 Å². The molecule has 1 heterocycles. The van der Waals surface area contributed by atoms with E-state index in [0.717, 1.165) is 22.2 Å². The third-order valence-corrected chi connectivity index (χ3v) is 3.18. The van der Waals surface area contributed by atoms with Gasteiger partial charge in [0, 0.05) is 0 Å². The van der Waals surface area contributed by atoms with Crippen LogP contribution in [0, 0.1) is 13.8 Å². The monoisotopic (exact) mass is 239 g/mol. The van der Waals surface area contributed by atoms with Crippen molar-refractivity contribution in [3.05, 3.63) is 47.5 Å². The molecule has 0 fully saturated rings. The second-order valence-corrected chi connectivity index (χ2v) is 4.35. The average Bonchev–Trinajstić information content (AvgIpc) is 2.79. The van der Waals surface area contributed by atoms with Crippen LogP contribution in [-0.2, 0) is 0 Å². The number of nitrogens with zero attached hydrogens (tertiary/aromatic N) is 3. The summed E-state index contributed by atoms with van der Waals surface area (Å²) in [5.74, 6) is 0.232. The number of aromatic hydroxyl groups is 1. The highest BCUT2D eigenvalue weighted by Gasteiger charge is 2.11. The van der Waals surface area contributed by atoms with Crippen molar-refractivity contribution in [2.45, 2.75) is 13.8 Å². The summed E-state index contributed by atoms with van der Waals surface area (Å²) in [5.41, 5.74) is 4.14. The van der Waals surface area contributed by atoms with Crippen LogP contribution in [0.15, 0.2) is 36.4 Å². The molecule has 0 bridgehead atoms. The second kappa shape index (κ2) is 3.84. The molecule has 4 heteroatoms. The van der Waals surface area contributed by atoms with Gasteiger partial charge in [-0.1, -0.05) is 18.2 Å². The minimum Gasteiger partial charge on any atom is -0.505 e. The minimum atomic E-state index is 0.232. The summed E-state index contributed by atoms with van der Waals surface area (Å²) in [6, 6.07) is 11.4. The van der Waals surface area contributed by atoms with Gasteiger partial charge in [0.2, 0.25) is 0 Å². The fourth-order valence-corrected chi connectivity index (χ4v) is 1.92. The molecular formula is C14H13N3O. The predicted octanol–water partition coefficient (Wildman–Crippen LogP) is 2.74. The number of aryl methyl sites for hydroxylation is 1. The van der Waals surface area contributed by atoms with Crippen molar-refractivity contribution in [2.75, 3.05) is 0 Å². The molecule has 0 radical (unpaired) electrons. The van der Waals surface area contributed by atoms with Crippen molar-refractivity contribution >= 4 is 11.0 Å². The molecule has 0 atom stereocenters. The van der Waals surface area contributed by atoms with Crippen molar-refractivity contribution in [3.8, 4) is 11.4 Å². The number of benzene rings is 2. The molecule has 90 valence electrons. The van der Waals surface area contributed by atoms with Crippen LogP contribution in [0.4, 0.5) is 0 Å². The van der Waals surface area contributed by atoms with E-state index in [9.17, 15) is 5.11 Å². The third kappa shape index (κ3) is 1.54. The first-order valence-corrected chi connectivity index (χ1v) is 5.78. The lowest BCUT2D eigenvalue weighted by atomic mass is 10.1. The highest BCUT2D eigenvalue weighted by atomic mass is 16.3. The molecule has 2 aromatic carbocycles. The Kier molecular flexibility index (Phi) is 2.30. The lowest BCUT2D eigenvalue weighted by Crippen LogP contribution is -2.00. The van der Waals surface area contributed by atoms with Crippen molar-refractivity contribution in [2.24, 2.45) is 0 Å². The zero-order chi connectivity index (χ0) is 12.7. The van der Waals surface area contributed by atoms with E-state index in [1.807, 2.05) is 50.2 Å². The molecule has 18 heavy (non-hydrogen) atoms. The van der Waals surface area contributed by atoms with Gasteiger partial charge in [0.05, 0.1) is 0 Å². The lowest BCUT2D eigenvalue weighted by molar-refractivity contribution is 0.463. The van der Waals surface area contributed by atoms with Gasteiger partial charge in [-0.15, -0.1) is 15.0 Å². The molecule has 0 unspecified atom stereocenters. The van der Waals surface area contributed by atoms with Gasteiger partial charge in [-0.25, -0.2) is 0 Å². The molecule has 3 aromatic rings. The van der Waals surface area contributed by atoms with Gasteiger partial charge in [-0.2, -0.15) is 0 Å². The lowest BCUT2D eigenvalue weighted by Gasteiger charge is -2.07. The van der Waals surface area contributed by atoms with Crippen LogP contribution in [0.3, 0.4) is 0 Å². The van der Waals surface area contributed by atoms with E-state index < -0.39 is 0 Å². The fourth-order valence-electron chi connectivity index (χ4n) is 1.92. The van der Waals surface area contributed by atoms with E-state index in [4.69, 9.17) is 0 Å². The SMILES string of the molecule is Cc1ccc(-n2nc3ccccc3n2)c(O)c1C. The van der Waals surface area contributed by atoms with Gasteiger partial charge >= 0.3 is 0 Å². The van der Waals surface area contributed by atoms with Crippen LogP contribution in [0.1, 0.15) is 11.1 Å². The Morgan fingerprint density at radius 3 is 2.17 bits per heavy atom.